The third-order valence-electron chi connectivity index (χ3n) is 2.30. The highest BCUT2D eigenvalue weighted by Crippen LogP contribution is 2.15. The van der Waals surface area contributed by atoms with Crippen LogP contribution in [0.1, 0.15) is 27.9 Å². The Kier molecular flexibility index (Phi) is 4.31. The molecule has 104 valence electrons. The highest BCUT2D eigenvalue weighted by Gasteiger charge is 2.16. The molecule has 7 nitrogen and oxygen atoms in total. The van der Waals surface area contributed by atoms with Crippen LogP contribution in [0.3, 0.4) is 0 Å². The molecule has 0 saturated carbocycles. The zero-order chi connectivity index (χ0) is 14.5. The van der Waals surface area contributed by atoms with Crippen LogP contribution in [0.4, 0.5) is 5.95 Å². The van der Waals surface area contributed by atoms with Crippen LogP contribution in [0.5, 0.6) is 0 Å². The maximum Gasteiger partial charge on any atom is 0.375 e. The Morgan fingerprint density at radius 1 is 1.40 bits per heavy atom. The first kappa shape index (κ1) is 14.0. The number of esters is 1. The fourth-order valence-electron chi connectivity index (χ4n) is 1.42. The maximum atomic E-state index is 11.9. The van der Waals surface area contributed by atoms with Gasteiger partial charge in [-0.2, -0.15) is 4.98 Å². The third kappa shape index (κ3) is 3.12. The van der Waals surface area contributed by atoms with Crippen molar-refractivity contribution in [1.29, 1.82) is 0 Å². The first-order valence-electron chi connectivity index (χ1n) is 5.77. The molecule has 2 rings (SSSR count). The molecular weight excluding hydrogens is 284 g/mol. The molecule has 1 aromatic heterocycles. The summed E-state index contributed by atoms with van der Waals surface area (Å²) in [7, 11) is 0. The van der Waals surface area contributed by atoms with Crippen LogP contribution < -0.4 is 5.32 Å². The van der Waals surface area contributed by atoms with Crippen LogP contribution in [0.25, 0.3) is 0 Å². The Morgan fingerprint density at radius 3 is 2.85 bits per heavy atom. The van der Waals surface area contributed by atoms with E-state index in [4.69, 9.17) is 16.3 Å². The van der Waals surface area contributed by atoms with Crippen LogP contribution in [-0.2, 0) is 4.74 Å². The molecule has 0 fully saturated rings. The number of hydrogen-bond donors (Lipinski definition) is 2. The van der Waals surface area contributed by atoms with E-state index in [2.05, 4.69) is 20.5 Å². The molecule has 2 N–H and O–H groups in total. The predicted molar refractivity (Wildman–Crippen MR) is 71.7 cm³/mol. The summed E-state index contributed by atoms with van der Waals surface area (Å²) in [6.45, 7) is 1.90. The summed E-state index contributed by atoms with van der Waals surface area (Å²) in [6, 6.07) is 6.56. The van der Waals surface area contributed by atoms with Gasteiger partial charge in [0.2, 0.25) is 11.8 Å². The molecule has 0 radical (unpaired) electrons. The Bertz CT molecular complexity index is 641. The zero-order valence-corrected chi connectivity index (χ0v) is 11.3. The largest absolute Gasteiger partial charge is 0.460 e. The van der Waals surface area contributed by atoms with Gasteiger partial charge >= 0.3 is 5.97 Å². The highest BCUT2D eigenvalue weighted by atomic mass is 35.5. The van der Waals surface area contributed by atoms with Crippen molar-refractivity contribution in [2.75, 3.05) is 11.9 Å². The molecule has 0 aliphatic heterocycles. The van der Waals surface area contributed by atoms with E-state index in [0.717, 1.165) is 0 Å². The van der Waals surface area contributed by atoms with Gasteiger partial charge in [0.25, 0.3) is 5.91 Å². The van der Waals surface area contributed by atoms with Gasteiger partial charge in [-0.15, -0.1) is 5.10 Å². The highest BCUT2D eigenvalue weighted by molar-refractivity contribution is 6.34. The lowest BCUT2D eigenvalue weighted by atomic mass is 10.2. The number of aromatic nitrogens is 3. The number of aromatic amines is 1. The average molecular weight is 295 g/mol. The second-order valence-corrected chi connectivity index (χ2v) is 4.07. The molecule has 1 heterocycles. The number of anilines is 1. The predicted octanol–water partition coefficient (Wildman–Crippen LogP) is 1.89. The molecule has 8 heteroatoms. The molecule has 0 bridgehead atoms. The van der Waals surface area contributed by atoms with Crippen LogP contribution in [0.2, 0.25) is 5.02 Å². The van der Waals surface area contributed by atoms with Crippen molar-refractivity contribution in [3.63, 3.8) is 0 Å². The van der Waals surface area contributed by atoms with Gasteiger partial charge in [0.05, 0.1) is 17.2 Å². The topological polar surface area (TPSA) is 97.0 Å². The third-order valence-corrected chi connectivity index (χ3v) is 2.63. The summed E-state index contributed by atoms with van der Waals surface area (Å²) in [6.07, 6.45) is 0. The molecule has 20 heavy (non-hydrogen) atoms. The quantitative estimate of drug-likeness (QED) is 0.839. The summed E-state index contributed by atoms with van der Waals surface area (Å²) in [5.74, 6) is -1.22. The lowest BCUT2D eigenvalue weighted by Gasteiger charge is -2.02. The van der Waals surface area contributed by atoms with Gasteiger partial charge in [-0.05, 0) is 19.1 Å². The Balaban J connectivity index is 2.09. The van der Waals surface area contributed by atoms with E-state index >= 15 is 0 Å². The zero-order valence-electron chi connectivity index (χ0n) is 10.5. The number of nitrogens with zero attached hydrogens (tertiary/aromatic N) is 2. The fraction of sp³-hybridized carbons (Fsp3) is 0.167. The number of nitrogens with one attached hydrogen (secondary N) is 2. The van der Waals surface area contributed by atoms with Crippen LogP contribution >= 0.6 is 11.6 Å². The maximum absolute atomic E-state index is 11.9. The molecule has 0 unspecified atom stereocenters. The molecule has 0 aliphatic carbocycles. The second-order valence-electron chi connectivity index (χ2n) is 3.66. The smallest absolute Gasteiger partial charge is 0.375 e. The number of benzene rings is 1. The normalized spacial score (nSPS) is 10.1. The van der Waals surface area contributed by atoms with Crippen molar-refractivity contribution in [2.45, 2.75) is 6.92 Å². The van der Waals surface area contributed by atoms with Crippen molar-refractivity contribution in [3.8, 4) is 0 Å². The molecule has 0 spiro atoms. The number of carbonyl (C=O) groups excluding carboxylic acids is 2. The fourth-order valence-corrected chi connectivity index (χ4v) is 1.64. The first-order valence-corrected chi connectivity index (χ1v) is 6.15. The summed E-state index contributed by atoms with van der Waals surface area (Å²) < 4.78 is 4.74. The van der Waals surface area contributed by atoms with Crippen molar-refractivity contribution in [1.82, 2.24) is 15.2 Å². The van der Waals surface area contributed by atoms with E-state index in [1.165, 1.54) is 0 Å². The van der Waals surface area contributed by atoms with E-state index in [0.29, 0.717) is 5.02 Å². The Labute approximate surface area is 119 Å². The van der Waals surface area contributed by atoms with Gasteiger partial charge in [-0.1, -0.05) is 23.7 Å². The number of H-pyrrole nitrogens is 1. The second kappa shape index (κ2) is 6.16. The number of carbonyl (C=O) groups is 2. The van der Waals surface area contributed by atoms with Gasteiger partial charge in [-0.3, -0.25) is 15.2 Å². The monoisotopic (exact) mass is 294 g/mol. The van der Waals surface area contributed by atoms with Crippen molar-refractivity contribution in [3.05, 3.63) is 40.7 Å². The van der Waals surface area contributed by atoms with Gasteiger partial charge in [0, 0.05) is 0 Å². The number of halogens is 1. The molecule has 1 amide bonds. The number of ether oxygens (including phenoxy) is 1. The van der Waals surface area contributed by atoms with Crippen molar-refractivity contribution < 1.29 is 14.3 Å². The number of rotatable bonds is 4. The Morgan fingerprint density at radius 2 is 2.15 bits per heavy atom. The summed E-state index contributed by atoms with van der Waals surface area (Å²) in [5, 5.41) is 8.82. The van der Waals surface area contributed by atoms with E-state index < -0.39 is 11.9 Å². The van der Waals surface area contributed by atoms with E-state index in [-0.39, 0.29) is 23.9 Å². The van der Waals surface area contributed by atoms with Crippen LogP contribution in [0, 0.1) is 0 Å². The number of hydrogen-bond acceptors (Lipinski definition) is 5. The summed E-state index contributed by atoms with van der Waals surface area (Å²) >= 11 is 5.90. The van der Waals surface area contributed by atoms with Crippen molar-refractivity contribution >= 4 is 29.4 Å². The SMILES string of the molecule is CCOC(=O)c1nc(NC(=O)c2ccccc2Cl)n[nH]1. The lowest BCUT2D eigenvalue weighted by molar-refractivity contribution is 0.0512. The summed E-state index contributed by atoms with van der Waals surface area (Å²) in [4.78, 5) is 27.1. The molecule has 0 saturated heterocycles. The van der Waals surface area contributed by atoms with Gasteiger partial charge < -0.3 is 4.74 Å². The molecule has 2 aromatic rings. The standard InChI is InChI=1S/C12H11ClN4O3/c1-2-20-11(19)9-14-12(17-16-9)15-10(18)7-5-3-4-6-8(7)13/h3-6H,2H2,1H3,(H2,14,15,16,17,18). The molecular formula is C12H11ClN4O3. The lowest BCUT2D eigenvalue weighted by Crippen LogP contribution is -2.13. The van der Waals surface area contributed by atoms with Crippen LogP contribution in [-0.4, -0.2) is 33.7 Å². The van der Waals surface area contributed by atoms with Gasteiger partial charge in [0.1, 0.15) is 0 Å². The molecule has 0 aliphatic rings. The van der Waals surface area contributed by atoms with Gasteiger partial charge in [-0.25, -0.2) is 4.79 Å². The van der Waals surface area contributed by atoms with Crippen molar-refractivity contribution in [2.24, 2.45) is 0 Å². The van der Waals surface area contributed by atoms with E-state index in [9.17, 15) is 9.59 Å². The minimum absolute atomic E-state index is 0.0297. The van der Waals surface area contributed by atoms with E-state index in [1.807, 2.05) is 0 Å². The number of amides is 1. The average Bonchev–Trinajstić information content (AvgIpc) is 2.88. The minimum Gasteiger partial charge on any atom is -0.460 e. The van der Waals surface area contributed by atoms with E-state index in [1.54, 1.807) is 31.2 Å². The molecule has 1 aromatic carbocycles. The Hall–Kier alpha value is -2.41. The van der Waals surface area contributed by atoms with Crippen LogP contribution in [0.15, 0.2) is 24.3 Å². The minimum atomic E-state index is -0.641. The first-order chi connectivity index (χ1) is 9.61. The van der Waals surface area contributed by atoms with Gasteiger partial charge in [0.15, 0.2) is 0 Å². The summed E-state index contributed by atoms with van der Waals surface area (Å²) in [5.41, 5.74) is 0.289. The molecule has 0 atom stereocenters.